The van der Waals surface area contributed by atoms with Gasteiger partial charge in [0.25, 0.3) is 0 Å². The van der Waals surface area contributed by atoms with Crippen molar-refractivity contribution in [3.05, 3.63) is 17.0 Å². The molecule has 3 aliphatic rings. The van der Waals surface area contributed by atoms with Crippen LogP contribution in [-0.4, -0.2) is 59.5 Å². The van der Waals surface area contributed by atoms with Gasteiger partial charge >= 0.3 is 0 Å². The van der Waals surface area contributed by atoms with Gasteiger partial charge in [-0.2, -0.15) is 0 Å². The van der Waals surface area contributed by atoms with Crippen molar-refractivity contribution in [2.75, 3.05) is 38.1 Å². The number of carbonyl (C=O) groups is 2. The summed E-state index contributed by atoms with van der Waals surface area (Å²) in [4.78, 5) is 34.8. The predicted molar refractivity (Wildman–Crippen MR) is 99.2 cm³/mol. The molecule has 2 amide bonds. The predicted octanol–water partition coefficient (Wildman–Crippen LogP) is 0.743. The number of rotatable bonds is 5. The number of aromatic nitrogens is 2. The van der Waals surface area contributed by atoms with Gasteiger partial charge in [0, 0.05) is 37.8 Å². The summed E-state index contributed by atoms with van der Waals surface area (Å²) in [6, 6.07) is 0. The van der Waals surface area contributed by atoms with Gasteiger partial charge < -0.3 is 20.3 Å². The Kier molecular flexibility index (Phi) is 4.75. The largest absolute Gasteiger partial charge is 0.376 e. The molecular formula is C19H27N5O3. The van der Waals surface area contributed by atoms with Crippen LogP contribution in [0.5, 0.6) is 0 Å². The van der Waals surface area contributed by atoms with Crippen LogP contribution in [0, 0.1) is 12.8 Å². The number of nitrogens with one attached hydrogen (secondary N) is 2. The van der Waals surface area contributed by atoms with Crippen molar-refractivity contribution in [1.82, 2.24) is 20.2 Å². The third kappa shape index (κ3) is 3.76. The number of hydrogen-bond acceptors (Lipinski definition) is 6. The smallest absolute Gasteiger partial charge is 0.241 e. The first-order valence-electron chi connectivity index (χ1n) is 9.69. The number of amides is 2. The van der Waals surface area contributed by atoms with E-state index in [0.717, 1.165) is 35.8 Å². The van der Waals surface area contributed by atoms with E-state index in [1.807, 2.05) is 11.8 Å². The van der Waals surface area contributed by atoms with Crippen LogP contribution in [0.4, 0.5) is 5.95 Å². The Morgan fingerprint density at radius 1 is 1.33 bits per heavy atom. The third-order valence-electron chi connectivity index (χ3n) is 5.78. The molecule has 1 saturated carbocycles. The van der Waals surface area contributed by atoms with Gasteiger partial charge in [0.2, 0.25) is 17.8 Å². The molecule has 2 aliphatic heterocycles. The van der Waals surface area contributed by atoms with Crippen LogP contribution in [-0.2, 0) is 26.3 Å². The molecule has 1 saturated heterocycles. The summed E-state index contributed by atoms with van der Waals surface area (Å²) in [7, 11) is 0. The van der Waals surface area contributed by atoms with Gasteiger partial charge in [-0.15, -0.1) is 0 Å². The number of aryl methyl sites for hydroxylation is 1. The van der Waals surface area contributed by atoms with Gasteiger partial charge in [0.1, 0.15) is 0 Å². The van der Waals surface area contributed by atoms with E-state index in [1.54, 1.807) is 0 Å². The minimum atomic E-state index is -0.289. The van der Waals surface area contributed by atoms with Crippen molar-refractivity contribution in [2.45, 2.75) is 45.1 Å². The maximum absolute atomic E-state index is 12.4. The third-order valence-corrected chi connectivity index (χ3v) is 5.78. The number of ether oxygens (including phenoxy) is 1. The molecule has 0 aromatic carbocycles. The number of anilines is 1. The van der Waals surface area contributed by atoms with Crippen molar-refractivity contribution < 1.29 is 14.3 Å². The van der Waals surface area contributed by atoms with E-state index in [9.17, 15) is 9.59 Å². The van der Waals surface area contributed by atoms with Gasteiger partial charge in [0.15, 0.2) is 0 Å². The van der Waals surface area contributed by atoms with E-state index in [-0.39, 0.29) is 23.8 Å². The quantitative estimate of drug-likeness (QED) is 0.790. The summed E-state index contributed by atoms with van der Waals surface area (Å²) in [5.41, 5.74) is 2.73. The Bertz CT molecular complexity index is 764. The van der Waals surface area contributed by atoms with E-state index >= 15 is 0 Å². The fourth-order valence-electron chi connectivity index (χ4n) is 3.97. The van der Waals surface area contributed by atoms with Crippen LogP contribution >= 0.6 is 0 Å². The van der Waals surface area contributed by atoms with Crippen LogP contribution in [0.3, 0.4) is 0 Å². The lowest BCUT2D eigenvalue weighted by molar-refractivity contribution is -0.131. The first kappa shape index (κ1) is 18.2. The van der Waals surface area contributed by atoms with E-state index in [2.05, 4.69) is 15.6 Å². The van der Waals surface area contributed by atoms with Crippen molar-refractivity contribution >= 4 is 17.8 Å². The van der Waals surface area contributed by atoms with Gasteiger partial charge in [0.05, 0.1) is 30.9 Å². The summed E-state index contributed by atoms with van der Waals surface area (Å²) in [6.45, 7) is 6.67. The molecule has 8 nitrogen and oxygen atoms in total. The fourth-order valence-corrected chi connectivity index (χ4v) is 3.97. The van der Waals surface area contributed by atoms with Crippen LogP contribution in [0.25, 0.3) is 0 Å². The average Bonchev–Trinajstić information content (AvgIpc) is 3.38. The van der Waals surface area contributed by atoms with Gasteiger partial charge in [-0.05, 0) is 32.1 Å². The molecule has 2 N–H and O–H groups in total. The average molecular weight is 373 g/mol. The molecule has 0 bridgehead atoms. The molecule has 27 heavy (non-hydrogen) atoms. The molecular weight excluding hydrogens is 346 g/mol. The second-order valence-corrected chi connectivity index (χ2v) is 8.03. The Hall–Kier alpha value is -2.22. The number of fused-ring (bicyclic) bond motifs is 2. The highest BCUT2D eigenvalue weighted by molar-refractivity contribution is 5.84. The second-order valence-electron chi connectivity index (χ2n) is 8.03. The van der Waals surface area contributed by atoms with Crippen molar-refractivity contribution in [1.29, 1.82) is 0 Å². The number of hydrogen-bond donors (Lipinski definition) is 2. The lowest BCUT2D eigenvalue weighted by Gasteiger charge is -2.35. The van der Waals surface area contributed by atoms with Gasteiger partial charge in [-0.3, -0.25) is 9.59 Å². The summed E-state index contributed by atoms with van der Waals surface area (Å²) in [6.07, 6.45) is 3.37. The highest BCUT2D eigenvalue weighted by Crippen LogP contribution is 2.40. The summed E-state index contributed by atoms with van der Waals surface area (Å²) in [5, 5.41) is 5.97. The molecule has 1 spiro atoms. The molecule has 146 valence electrons. The van der Waals surface area contributed by atoms with Gasteiger partial charge in [-0.1, -0.05) is 0 Å². The van der Waals surface area contributed by atoms with Crippen LogP contribution in [0.15, 0.2) is 0 Å². The normalized spacial score (nSPS) is 24.0. The molecule has 0 unspecified atom stereocenters. The standard InChI is InChI=1S/C19H27N5O3/c1-12-15-9-27-11-19(5-6-24(10-19)16(26)8-20-13(2)25)17(15)23-18(22-12)21-7-14-3-4-14/h14H,3-11H2,1-2H3,(H,20,25)(H,21,22,23)/t19-/m1/s1. The SMILES string of the molecule is CC(=O)NCC(=O)N1CC[C@]2(COCc3c(C)nc(NCC4CC4)nc32)C1. The lowest BCUT2D eigenvalue weighted by atomic mass is 9.80. The van der Waals surface area contributed by atoms with E-state index < -0.39 is 0 Å². The van der Waals surface area contributed by atoms with E-state index in [4.69, 9.17) is 9.72 Å². The van der Waals surface area contributed by atoms with Crippen molar-refractivity contribution in [3.8, 4) is 0 Å². The van der Waals surface area contributed by atoms with Crippen LogP contribution in [0.1, 0.15) is 43.1 Å². The molecule has 1 aromatic rings. The van der Waals surface area contributed by atoms with Crippen molar-refractivity contribution in [3.63, 3.8) is 0 Å². The highest BCUT2D eigenvalue weighted by atomic mass is 16.5. The highest BCUT2D eigenvalue weighted by Gasteiger charge is 2.46. The maximum atomic E-state index is 12.4. The first-order valence-corrected chi connectivity index (χ1v) is 9.69. The van der Waals surface area contributed by atoms with Crippen molar-refractivity contribution in [2.24, 2.45) is 5.92 Å². The minimum Gasteiger partial charge on any atom is -0.376 e. The zero-order valence-electron chi connectivity index (χ0n) is 16.0. The molecule has 3 heterocycles. The first-order chi connectivity index (χ1) is 13.0. The molecule has 1 atom stereocenters. The minimum absolute atomic E-state index is 0.0378. The van der Waals surface area contributed by atoms with E-state index in [1.165, 1.54) is 19.8 Å². The zero-order chi connectivity index (χ0) is 19.0. The number of nitrogens with zero attached hydrogens (tertiary/aromatic N) is 3. The Labute approximate surface area is 159 Å². The number of likely N-dealkylation sites (tertiary alicyclic amines) is 1. The number of carbonyl (C=O) groups excluding carboxylic acids is 2. The van der Waals surface area contributed by atoms with Gasteiger partial charge in [-0.25, -0.2) is 9.97 Å². The molecule has 8 heteroatoms. The maximum Gasteiger partial charge on any atom is 0.241 e. The Morgan fingerprint density at radius 2 is 2.15 bits per heavy atom. The molecule has 0 radical (unpaired) electrons. The fraction of sp³-hybridized carbons (Fsp3) is 0.684. The second kappa shape index (κ2) is 7.07. The van der Waals surface area contributed by atoms with E-state index in [0.29, 0.717) is 32.3 Å². The zero-order valence-corrected chi connectivity index (χ0v) is 16.0. The van der Waals surface area contributed by atoms with Crippen LogP contribution < -0.4 is 10.6 Å². The summed E-state index contributed by atoms with van der Waals surface area (Å²) >= 11 is 0. The lowest BCUT2D eigenvalue weighted by Crippen LogP contribution is -2.44. The summed E-state index contributed by atoms with van der Waals surface area (Å²) < 4.78 is 5.88. The summed E-state index contributed by atoms with van der Waals surface area (Å²) in [5.74, 6) is 1.17. The molecule has 4 rings (SSSR count). The van der Waals surface area contributed by atoms with Crippen LogP contribution in [0.2, 0.25) is 0 Å². The Balaban J connectivity index is 1.54. The molecule has 2 fully saturated rings. The molecule has 1 aromatic heterocycles. The Morgan fingerprint density at radius 3 is 2.89 bits per heavy atom. The topological polar surface area (TPSA) is 96.5 Å². The monoisotopic (exact) mass is 373 g/mol. The molecule has 1 aliphatic carbocycles.